The van der Waals surface area contributed by atoms with Gasteiger partial charge in [-0.3, -0.25) is 4.57 Å². The first-order valence-electron chi connectivity index (χ1n) is 4.84. The number of rotatable bonds is 1. The molecule has 1 aromatic rings. The van der Waals surface area contributed by atoms with E-state index in [2.05, 4.69) is 15.0 Å². The molecule has 0 aromatic carbocycles. The Morgan fingerprint density at radius 1 is 1.43 bits per heavy atom. The molecule has 0 amide bonds. The molecule has 2 rings (SSSR count). The van der Waals surface area contributed by atoms with Gasteiger partial charge in [0.1, 0.15) is 5.82 Å². The van der Waals surface area contributed by atoms with Crippen LogP contribution in [0.15, 0.2) is 17.4 Å². The summed E-state index contributed by atoms with van der Waals surface area (Å²) in [6, 6.07) is 2.00. The molecule has 0 saturated carbocycles. The van der Waals surface area contributed by atoms with Gasteiger partial charge in [-0.25, -0.2) is 4.98 Å². The lowest BCUT2D eigenvalue weighted by Crippen LogP contribution is -2.30. The highest BCUT2D eigenvalue weighted by Gasteiger charge is 2.14. The van der Waals surface area contributed by atoms with Crippen LogP contribution in [0.2, 0.25) is 0 Å². The lowest BCUT2D eigenvalue weighted by molar-refractivity contribution is 0.735. The number of hydrogen-bond donors (Lipinski definition) is 1. The molecule has 0 spiro atoms. The Hall–Kier alpha value is -1.52. The van der Waals surface area contributed by atoms with Gasteiger partial charge in [0.05, 0.1) is 0 Å². The van der Waals surface area contributed by atoms with Gasteiger partial charge < -0.3 is 10.7 Å². The average molecular weight is 193 g/mol. The monoisotopic (exact) mass is 193 g/mol. The molecule has 2 heterocycles. The zero-order chi connectivity index (χ0) is 9.97. The first kappa shape index (κ1) is 9.05. The lowest BCUT2D eigenvalue weighted by Gasteiger charge is -2.20. The van der Waals surface area contributed by atoms with E-state index in [0.717, 1.165) is 18.9 Å². The maximum absolute atomic E-state index is 5.24. The van der Waals surface area contributed by atoms with Crippen molar-refractivity contribution in [2.45, 2.75) is 12.8 Å². The summed E-state index contributed by atoms with van der Waals surface area (Å²) in [5.41, 5.74) is 0.564. The number of nitrogens with zero attached hydrogens (tertiary/aromatic N) is 4. The lowest BCUT2D eigenvalue weighted by atomic mass is 10.4. The fourth-order valence-electron chi connectivity index (χ4n) is 1.86. The Labute approximate surface area is 82.9 Å². The average Bonchev–Trinajstić information content (AvgIpc) is 2.71. The minimum absolute atomic E-state index is 0.564. The summed E-state index contributed by atoms with van der Waals surface area (Å²) >= 11 is 0. The molecule has 14 heavy (non-hydrogen) atoms. The number of nitrogens with two attached hydrogens (primary N) is 1. The van der Waals surface area contributed by atoms with E-state index in [1.807, 2.05) is 17.7 Å². The van der Waals surface area contributed by atoms with E-state index in [1.54, 1.807) is 6.20 Å². The zero-order valence-corrected chi connectivity index (χ0v) is 8.35. The molecule has 5 heteroatoms. The van der Waals surface area contributed by atoms with Gasteiger partial charge in [-0.15, -0.1) is 5.10 Å². The molecular formula is C9H15N5. The summed E-state index contributed by atoms with van der Waals surface area (Å²) in [6.45, 7) is 2.23. The molecule has 1 aliphatic rings. The van der Waals surface area contributed by atoms with Crippen molar-refractivity contribution in [3.05, 3.63) is 17.9 Å². The number of hydrogen-bond acceptors (Lipinski definition) is 4. The summed E-state index contributed by atoms with van der Waals surface area (Å²) in [7, 11) is 1.94. The topological polar surface area (TPSA) is 59.4 Å². The van der Waals surface area contributed by atoms with Gasteiger partial charge in [0, 0.05) is 26.3 Å². The summed E-state index contributed by atoms with van der Waals surface area (Å²) in [5, 5.41) is 3.63. The smallest absolute Gasteiger partial charge is 0.247 e. The third-order valence-corrected chi connectivity index (χ3v) is 2.60. The number of aromatic nitrogens is 2. The highest BCUT2D eigenvalue weighted by Crippen LogP contribution is 2.16. The second-order valence-corrected chi connectivity index (χ2v) is 3.49. The third kappa shape index (κ3) is 1.45. The van der Waals surface area contributed by atoms with Gasteiger partial charge in [0.2, 0.25) is 5.62 Å². The second kappa shape index (κ2) is 3.69. The van der Waals surface area contributed by atoms with Crippen LogP contribution in [0.4, 0.5) is 5.82 Å². The van der Waals surface area contributed by atoms with Gasteiger partial charge in [0.15, 0.2) is 0 Å². The first-order chi connectivity index (χ1) is 6.83. The van der Waals surface area contributed by atoms with E-state index >= 15 is 0 Å². The summed E-state index contributed by atoms with van der Waals surface area (Å²) < 4.78 is 1.92. The molecule has 76 valence electrons. The van der Waals surface area contributed by atoms with Crippen LogP contribution < -0.4 is 16.4 Å². The van der Waals surface area contributed by atoms with E-state index in [0.29, 0.717) is 5.62 Å². The van der Waals surface area contributed by atoms with Crippen LogP contribution >= 0.6 is 0 Å². The normalized spacial score (nSPS) is 17.8. The van der Waals surface area contributed by atoms with Crippen LogP contribution in [-0.2, 0) is 7.05 Å². The molecule has 0 bridgehead atoms. The van der Waals surface area contributed by atoms with E-state index in [-0.39, 0.29) is 0 Å². The van der Waals surface area contributed by atoms with Crippen molar-refractivity contribution in [2.24, 2.45) is 18.0 Å². The highest BCUT2D eigenvalue weighted by molar-refractivity contribution is 5.38. The maximum atomic E-state index is 5.24. The van der Waals surface area contributed by atoms with E-state index in [1.165, 1.54) is 12.8 Å². The second-order valence-electron chi connectivity index (χ2n) is 3.49. The van der Waals surface area contributed by atoms with Crippen LogP contribution in [0.25, 0.3) is 0 Å². The molecular weight excluding hydrogens is 178 g/mol. The van der Waals surface area contributed by atoms with Gasteiger partial charge >= 0.3 is 0 Å². The predicted octanol–water partition coefficient (Wildman–Crippen LogP) is -0.205. The van der Waals surface area contributed by atoms with Gasteiger partial charge in [-0.05, 0) is 18.9 Å². The summed E-state index contributed by atoms with van der Waals surface area (Å²) in [5.74, 6) is 6.38. The minimum Gasteiger partial charge on any atom is -0.358 e. The Kier molecular flexibility index (Phi) is 2.39. The van der Waals surface area contributed by atoms with Crippen molar-refractivity contribution in [3.63, 3.8) is 0 Å². The SMILES string of the molecule is Cn1c(N2CCCC2)ccnc1=NN. The molecule has 0 aliphatic carbocycles. The first-order valence-corrected chi connectivity index (χ1v) is 4.84. The van der Waals surface area contributed by atoms with Crippen molar-refractivity contribution in [1.82, 2.24) is 9.55 Å². The zero-order valence-electron chi connectivity index (χ0n) is 8.35. The molecule has 1 fully saturated rings. The van der Waals surface area contributed by atoms with Crippen LogP contribution in [0, 0.1) is 0 Å². The highest BCUT2D eigenvalue weighted by atomic mass is 15.3. The third-order valence-electron chi connectivity index (χ3n) is 2.60. The van der Waals surface area contributed by atoms with Crippen molar-refractivity contribution in [3.8, 4) is 0 Å². The maximum Gasteiger partial charge on any atom is 0.247 e. The van der Waals surface area contributed by atoms with Gasteiger partial charge in [-0.1, -0.05) is 0 Å². The van der Waals surface area contributed by atoms with Crippen molar-refractivity contribution >= 4 is 5.82 Å². The van der Waals surface area contributed by atoms with Crippen LogP contribution in [0.5, 0.6) is 0 Å². The van der Waals surface area contributed by atoms with Crippen LogP contribution in [0.1, 0.15) is 12.8 Å². The van der Waals surface area contributed by atoms with Gasteiger partial charge in [-0.2, -0.15) is 0 Å². The number of anilines is 1. The van der Waals surface area contributed by atoms with E-state index in [4.69, 9.17) is 5.84 Å². The van der Waals surface area contributed by atoms with Crippen LogP contribution in [-0.4, -0.2) is 22.6 Å². The Balaban J connectivity index is 2.42. The van der Waals surface area contributed by atoms with E-state index < -0.39 is 0 Å². The van der Waals surface area contributed by atoms with Crippen molar-refractivity contribution < 1.29 is 0 Å². The quantitative estimate of drug-likeness (QED) is 0.496. The predicted molar refractivity (Wildman–Crippen MR) is 54.4 cm³/mol. The Morgan fingerprint density at radius 3 is 2.79 bits per heavy atom. The summed E-state index contributed by atoms with van der Waals surface area (Å²) in [6.07, 6.45) is 4.27. The fourth-order valence-corrected chi connectivity index (χ4v) is 1.86. The summed E-state index contributed by atoms with van der Waals surface area (Å²) in [4.78, 5) is 6.40. The standard InChI is InChI=1S/C9H15N5/c1-13-8(14-6-2-3-7-14)4-5-11-9(13)12-10/h4-5H,2-3,6-7,10H2,1H3. The van der Waals surface area contributed by atoms with Crippen molar-refractivity contribution in [1.29, 1.82) is 0 Å². The van der Waals surface area contributed by atoms with Gasteiger partial charge in [0.25, 0.3) is 0 Å². The molecule has 5 nitrogen and oxygen atoms in total. The molecule has 0 unspecified atom stereocenters. The molecule has 0 radical (unpaired) electrons. The molecule has 1 aromatic heterocycles. The Morgan fingerprint density at radius 2 is 2.14 bits per heavy atom. The molecule has 0 atom stereocenters. The molecule has 1 saturated heterocycles. The fraction of sp³-hybridized carbons (Fsp3) is 0.556. The molecule has 1 aliphatic heterocycles. The minimum atomic E-state index is 0.564. The molecule has 2 N–H and O–H groups in total. The van der Waals surface area contributed by atoms with Crippen molar-refractivity contribution in [2.75, 3.05) is 18.0 Å². The van der Waals surface area contributed by atoms with Crippen LogP contribution in [0.3, 0.4) is 0 Å². The van der Waals surface area contributed by atoms with E-state index in [9.17, 15) is 0 Å². The Bertz CT molecular complexity index is 375. The largest absolute Gasteiger partial charge is 0.358 e.